The van der Waals surface area contributed by atoms with E-state index in [1.807, 2.05) is 0 Å². The van der Waals surface area contributed by atoms with Crippen molar-refractivity contribution in [2.75, 3.05) is 11.9 Å². The van der Waals surface area contributed by atoms with E-state index < -0.39 is 0 Å². The minimum atomic E-state index is 0.333. The first-order chi connectivity index (χ1) is 17.1. The van der Waals surface area contributed by atoms with Crippen molar-refractivity contribution in [2.24, 2.45) is 0 Å². The third kappa shape index (κ3) is 5.15. The van der Waals surface area contributed by atoms with Gasteiger partial charge < -0.3 is 4.90 Å². The molecule has 0 spiro atoms. The van der Waals surface area contributed by atoms with Crippen LogP contribution >= 0.6 is 0 Å². The Kier molecular flexibility index (Phi) is 6.68. The molecule has 1 nitrogen and oxygen atoms in total. The van der Waals surface area contributed by atoms with Gasteiger partial charge in [0.1, 0.15) is 0 Å². The molecule has 0 fully saturated rings. The third-order valence-electron chi connectivity index (χ3n) is 7.31. The van der Waals surface area contributed by atoms with Gasteiger partial charge in [-0.1, -0.05) is 109 Å². The van der Waals surface area contributed by atoms with E-state index in [0.29, 0.717) is 12.0 Å². The standard InChI is InChI=1S/C34H33N/c1-25-15-18-30(19-16-25)34(14-8-9-27-17-20-28-10-4-6-12-31(28)23-27)26(2)35(3)33-22-21-29-11-5-7-13-32(29)24-33/h4-13,15-24,26,34H,14H2,1-3H3/b9-8+. The maximum atomic E-state index is 2.43. The second-order valence-electron chi connectivity index (χ2n) is 9.64. The van der Waals surface area contributed by atoms with Crippen LogP contribution in [-0.4, -0.2) is 13.1 Å². The van der Waals surface area contributed by atoms with E-state index in [-0.39, 0.29) is 0 Å². The first-order valence-corrected chi connectivity index (χ1v) is 12.5. The van der Waals surface area contributed by atoms with E-state index in [0.717, 1.165) is 6.42 Å². The lowest BCUT2D eigenvalue weighted by Gasteiger charge is -2.34. The number of allylic oxidation sites excluding steroid dienone is 1. The Morgan fingerprint density at radius 3 is 1.97 bits per heavy atom. The maximum absolute atomic E-state index is 2.43. The number of fused-ring (bicyclic) bond motifs is 2. The van der Waals surface area contributed by atoms with Gasteiger partial charge in [0.05, 0.1) is 0 Å². The van der Waals surface area contributed by atoms with Gasteiger partial charge >= 0.3 is 0 Å². The molecule has 0 N–H and O–H groups in total. The monoisotopic (exact) mass is 455 g/mol. The van der Waals surface area contributed by atoms with Crippen LogP contribution in [-0.2, 0) is 0 Å². The number of nitrogens with zero attached hydrogens (tertiary/aromatic N) is 1. The molecular formula is C34H33N. The van der Waals surface area contributed by atoms with Gasteiger partial charge in [-0.15, -0.1) is 0 Å². The fraction of sp³-hybridized carbons (Fsp3) is 0.176. The molecule has 5 aromatic rings. The molecule has 2 atom stereocenters. The number of hydrogen-bond acceptors (Lipinski definition) is 1. The molecule has 2 unspecified atom stereocenters. The molecule has 0 radical (unpaired) electrons. The van der Waals surface area contributed by atoms with Crippen LogP contribution in [0.1, 0.15) is 36.0 Å². The molecule has 5 aromatic carbocycles. The van der Waals surface area contributed by atoms with Crippen molar-refractivity contribution in [1.82, 2.24) is 0 Å². The van der Waals surface area contributed by atoms with Gasteiger partial charge in [0.15, 0.2) is 0 Å². The summed E-state index contributed by atoms with van der Waals surface area (Å²) in [7, 11) is 2.23. The Balaban J connectivity index is 1.41. The molecule has 0 aromatic heterocycles. The third-order valence-corrected chi connectivity index (χ3v) is 7.31. The van der Waals surface area contributed by atoms with Crippen LogP contribution < -0.4 is 4.90 Å². The van der Waals surface area contributed by atoms with Crippen LogP contribution in [0, 0.1) is 6.92 Å². The summed E-state index contributed by atoms with van der Waals surface area (Å²) in [4.78, 5) is 2.43. The van der Waals surface area contributed by atoms with Crippen molar-refractivity contribution >= 4 is 33.3 Å². The molecule has 0 aliphatic carbocycles. The zero-order valence-electron chi connectivity index (χ0n) is 20.9. The van der Waals surface area contributed by atoms with Crippen molar-refractivity contribution < 1.29 is 0 Å². The smallest absolute Gasteiger partial charge is 0.0372 e. The van der Waals surface area contributed by atoms with E-state index in [4.69, 9.17) is 0 Å². The minimum absolute atomic E-state index is 0.333. The first-order valence-electron chi connectivity index (χ1n) is 12.5. The molecule has 0 saturated carbocycles. The summed E-state index contributed by atoms with van der Waals surface area (Å²) in [5, 5.41) is 5.14. The van der Waals surface area contributed by atoms with Gasteiger partial charge in [0, 0.05) is 24.7 Å². The van der Waals surface area contributed by atoms with Gasteiger partial charge in [-0.2, -0.15) is 0 Å². The van der Waals surface area contributed by atoms with Crippen LogP contribution in [0.15, 0.2) is 115 Å². The lowest BCUT2D eigenvalue weighted by Crippen LogP contribution is -2.34. The number of benzene rings is 5. The van der Waals surface area contributed by atoms with Crippen LogP contribution in [0.4, 0.5) is 5.69 Å². The van der Waals surface area contributed by atoms with Crippen molar-refractivity contribution in [3.8, 4) is 0 Å². The summed E-state index contributed by atoms with van der Waals surface area (Å²) in [5.74, 6) is 0.378. The lowest BCUT2D eigenvalue weighted by atomic mass is 9.87. The molecule has 5 rings (SSSR count). The average Bonchev–Trinajstić information content (AvgIpc) is 2.90. The van der Waals surface area contributed by atoms with E-state index in [1.165, 1.54) is 43.9 Å². The van der Waals surface area contributed by atoms with E-state index in [2.05, 4.69) is 147 Å². The lowest BCUT2D eigenvalue weighted by molar-refractivity contribution is 0.548. The molecule has 1 heteroatoms. The van der Waals surface area contributed by atoms with Crippen LogP contribution in [0.2, 0.25) is 0 Å². The fourth-order valence-corrected chi connectivity index (χ4v) is 4.99. The molecular weight excluding hydrogens is 422 g/mol. The summed E-state index contributed by atoms with van der Waals surface area (Å²) in [6.45, 7) is 4.51. The Labute approximate surface area is 209 Å². The van der Waals surface area contributed by atoms with Crippen molar-refractivity contribution in [3.05, 3.63) is 132 Å². The number of hydrogen-bond donors (Lipinski definition) is 0. The van der Waals surface area contributed by atoms with E-state index in [9.17, 15) is 0 Å². The highest BCUT2D eigenvalue weighted by atomic mass is 15.1. The second kappa shape index (κ2) is 10.2. The van der Waals surface area contributed by atoms with Crippen LogP contribution in [0.5, 0.6) is 0 Å². The summed E-state index contributed by atoms with van der Waals surface area (Å²) in [6.07, 6.45) is 5.60. The Morgan fingerprint density at radius 1 is 0.686 bits per heavy atom. The Bertz CT molecular complexity index is 1460. The number of likely N-dealkylation sites (N-methyl/N-ethyl adjacent to an activating group) is 1. The summed E-state index contributed by atoms with van der Waals surface area (Å²) < 4.78 is 0. The SMILES string of the molecule is Cc1ccc(C(C/C=C/c2ccc3ccccc3c2)C(C)N(C)c2ccc3ccccc3c2)cc1. The number of rotatable bonds is 7. The summed E-state index contributed by atoms with van der Waals surface area (Å²) >= 11 is 0. The molecule has 0 aliphatic heterocycles. The zero-order valence-corrected chi connectivity index (χ0v) is 20.9. The first kappa shape index (κ1) is 22.9. The molecule has 0 heterocycles. The molecule has 0 bridgehead atoms. The average molecular weight is 456 g/mol. The number of aryl methyl sites for hydroxylation is 1. The van der Waals surface area contributed by atoms with Gasteiger partial charge in [0.25, 0.3) is 0 Å². The largest absolute Gasteiger partial charge is 0.371 e. The highest BCUT2D eigenvalue weighted by Gasteiger charge is 2.22. The highest BCUT2D eigenvalue weighted by molar-refractivity contribution is 5.86. The van der Waals surface area contributed by atoms with Crippen LogP contribution in [0.3, 0.4) is 0 Å². The van der Waals surface area contributed by atoms with Gasteiger partial charge in [-0.25, -0.2) is 0 Å². The van der Waals surface area contributed by atoms with Crippen molar-refractivity contribution in [3.63, 3.8) is 0 Å². The molecule has 35 heavy (non-hydrogen) atoms. The van der Waals surface area contributed by atoms with Gasteiger partial charge in [0.2, 0.25) is 0 Å². The molecule has 0 aliphatic rings. The maximum Gasteiger partial charge on any atom is 0.0372 e. The van der Waals surface area contributed by atoms with E-state index >= 15 is 0 Å². The van der Waals surface area contributed by atoms with Gasteiger partial charge in [-0.05, 0) is 71.1 Å². The summed E-state index contributed by atoms with van der Waals surface area (Å²) in [5.41, 5.74) is 5.20. The highest BCUT2D eigenvalue weighted by Crippen LogP contribution is 2.32. The van der Waals surface area contributed by atoms with Crippen molar-refractivity contribution in [2.45, 2.75) is 32.2 Å². The topological polar surface area (TPSA) is 3.24 Å². The molecule has 0 amide bonds. The fourth-order valence-electron chi connectivity index (χ4n) is 4.99. The number of anilines is 1. The molecule has 174 valence electrons. The summed E-state index contributed by atoms with van der Waals surface area (Å²) in [6, 6.07) is 40.0. The normalized spacial score (nSPS) is 13.3. The Hall–Kier alpha value is -3.84. The molecule has 0 saturated heterocycles. The Morgan fingerprint density at radius 2 is 1.29 bits per heavy atom. The van der Waals surface area contributed by atoms with Crippen molar-refractivity contribution in [1.29, 1.82) is 0 Å². The van der Waals surface area contributed by atoms with E-state index in [1.54, 1.807) is 0 Å². The quantitative estimate of drug-likeness (QED) is 0.237. The zero-order chi connectivity index (χ0) is 24.2. The second-order valence-corrected chi connectivity index (χ2v) is 9.64. The predicted octanol–water partition coefficient (Wildman–Crippen LogP) is 9.01. The van der Waals surface area contributed by atoms with Crippen LogP contribution in [0.25, 0.3) is 27.6 Å². The minimum Gasteiger partial charge on any atom is -0.371 e. The van der Waals surface area contributed by atoms with Gasteiger partial charge in [-0.3, -0.25) is 0 Å². The predicted molar refractivity (Wildman–Crippen MR) is 153 cm³/mol.